The standard InChI is InChI=1S/C17H19FN4O/c18-13-5-7-14(8-6-13)19-16-10-9-15(20-21-16)17(23)22-11-3-1-2-4-12-22/h5-10H,1-4,11-12H2,(H,19,21). The molecule has 1 saturated heterocycles. The molecular formula is C17H19FN4O. The first-order valence-corrected chi connectivity index (χ1v) is 7.88. The van der Waals surface area contributed by atoms with Crippen molar-refractivity contribution in [3.63, 3.8) is 0 Å². The first-order valence-electron chi connectivity index (χ1n) is 7.88. The lowest BCUT2D eigenvalue weighted by atomic mass is 10.2. The van der Waals surface area contributed by atoms with Crippen LogP contribution in [0.3, 0.4) is 0 Å². The van der Waals surface area contributed by atoms with Crippen molar-refractivity contribution in [3.05, 3.63) is 47.9 Å². The lowest BCUT2D eigenvalue weighted by molar-refractivity contribution is 0.0754. The number of likely N-dealkylation sites (tertiary alicyclic amines) is 1. The fourth-order valence-corrected chi connectivity index (χ4v) is 2.63. The quantitative estimate of drug-likeness (QED) is 0.943. The van der Waals surface area contributed by atoms with Gasteiger partial charge in [-0.3, -0.25) is 4.79 Å². The van der Waals surface area contributed by atoms with Gasteiger partial charge >= 0.3 is 0 Å². The van der Waals surface area contributed by atoms with Crippen LogP contribution in [-0.4, -0.2) is 34.1 Å². The number of carbonyl (C=O) groups excluding carboxylic acids is 1. The van der Waals surface area contributed by atoms with E-state index in [-0.39, 0.29) is 11.7 Å². The van der Waals surface area contributed by atoms with Gasteiger partial charge in [-0.05, 0) is 49.2 Å². The Labute approximate surface area is 134 Å². The molecule has 0 bridgehead atoms. The van der Waals surface area contributed by atoms with E-state index in [1.54, 1.807) is 24.3 Å². The van der Waals surface area contributed by atoms with E-state index < -0.39 is 0 Å². The van der Waals surface area contributed by atoms with E-state index in [0.29, 0.717) is 17.2 Å². The van der Waals surface area contributed by atoms with E-state index in [4.69, 9.17) is 0 Å². The molecule has 1 aliphatic heterocycles. The summed E-state index contributed by atoms with van der Waals surface area (Å²) in [5, 5.41) is 11.1. The molecule has 0 atom stereocenters. The molecule has 6 heteroatoms. The van der Waals surface area contributed by atoms with Crippen LogP contribution in [0.2, 0.25) is 0 Å². The molecule has 1 aromatic heterocycles. The van der Waals surface area contributed by atoms with Gasteiger partial charge in [-0.15, -0.1) is 10.2 Å². The van der Waals surface area contributed by atoms with Gasteiger partial charge in [-0.2, -0.15) is 0 Å². The Morgan fingerprint density at radius 2 is 1.65 bits per heavy atom. The first-order chi connectivity index (χ1) is 11.2. The molecule has 0 unspecified atom stereocenters. The molecule has 1 aliphatic rings. The lowest BCUT2D eigenvalue weighted by Gasteiger charge is -2.19. The number of halogens is 1. The van der Waals surface area contributed by atoms with Gasteiger partial charge in [0.1, 0.15) is 5.82 Å². The summed E-state index contributed by atoms with van der Waals surface area (Å²) in [4.78, 5) is 14.3. The predicted octanol–water partition coefficient (Wildman–Crippen LogP) is 3.38. The van der Waals surface area contributed by atoms with Crippen LogP contribution >= 0.6 is 0 Å². The minimum absolute atomic E-state index is 0.0623. The van der Waals surface area contributed by atoms with Gasteiger partial charge in [0.2, 0.25) is 0 Å². The topological polar surface area (TPSA) is 58.1 Å². The summed E-state index contributed by atoms with van der Waals surface area (Å²) in [5.74, 6) is 0.164. The third-order valence-electron chi connectivity index (χ3n) is 3.89. The third-order valence-corrected chi connectivity index (χ3v) is 3.89. The maximum absolute atomic E-state index is 12.9. The zero-order valence-corrected chi connectivity index (χ0v) is 12.8. The van der Waals surface area contributed by atoms with Crippen molar-refractivity contribution in [1.29, 1.82) is 0 Å². The van der Waals surface area contributed by atoms with Crippen molar-refractivity contribution in [2.75, 3.05) is 18.4 Å². The molecule has 5 nitrogen and oxygen atoms in total. The van der Waals surface area contributed by atoms with E-state index in [9.17, 15) is 9.18 Å². The van der Waals surface area contributed by atoms with Gasteiger partial charge in [0, 0.05) is 18.8 Å². The molecule has 1 amide bonds. The average Bonchev–Trinajstić information content (AvgIpc) is 2.86. The third kappa shape index (κ3) is 4.03. The molecule has 23 heavy (non-hydrogen) atoms. The number of nitrogens with zero attached hydrogens (tertiary/aromatic N) is 3. The van der Waals surface area contributed by atoms with Crippen LogP contribution in [0, 0.1) is 5.82 Å². The minimum Gasteiger partial charge on any atom is -0.339 e. The second-order valence-electron chi connectivity index (χ2n) is 5.64. The zero-order chi connectivity index (χ0) is 16.1. The molecule has 1 aromatic carbocycles. The summed E-state index contributed by atoms with van der Waals surface area (Å²) < 4.78 is 12.9. The van der Waals surface area contributed by atoms with Gasteiger partial charge in [0.15, 0.2) is 11.5 Å². The number of hydrogen-bond donors (Lipinski definition) is 1. The van der Waals surface area contributed by atoms with E-state index in [2.05, 4.69) is 15.5 Å². The summed E-state index contributed by atoms with van der Waals surface area (Å²) in [6.45, 7) is 1.58. The van der Waals surface area contributed by atoms with E-state index in [1.807, 2.05) is 4.90 Å². The van der Waals surface area contributed by atoms with E-state index >= 15 is 0 Å². The van der Waals surface area contributed by atoms with Gasteiger partial charge in [-0.25, -0.2) is 4.39 Å². The maximum Gasteiger partial charge on any atom is 0.274 e. The van der Waals surface area contributed by atoms with Crippen molar-refractivity contribution in [2.45, 2.75) is 25.7 Å². The highest BCUT2D eigenvalue weighted by atomic mass is 19.1. The van der Waals surface area contributed by atoms with Crippen LogP contribution in [0.5, 0.6) is 0 Å². The van der Waals surface area contributed by atoms with Crippen LogP contribution in [0.1, 0.15) is 36.2 Å². The number of carbonyl (C=O) groups is 1. The zero-order valence-electron chi connectivity index (χ0n) is 12.8. The number of benzene rings is 1. The number of aromatic nitrogens is 2. The van der Waals surface area contributed by atoms with Gasteiger partial charge < -0.3 is 10.2 Å². The molecule has 0 aliphatic carbocycles. The first kappa shape index (κ1) is 15.4. The number of amides is 1. The molecule has 1 fully saturated rings. The molecule has 0 saturated carbocycles. The van der Waals surface area contributed by atoms with Crippen molar-refractivity contribution < 1.29 is 9.18 Å². The number of anilines is 2. The van der Waals surface area contributed by atoms with Crippen molar-refractivity contribution >= 4 is 17.4 Å². The van der Waals surface area contributed by atoms with Gasteiger partial charge in [0.05, 0.1) is 0 Å². The largest absolute Gasteiger partial charge is 0.339 e. The van der Waals surface area contributed by atoms with Crippen LogP contribution < -0.4 is 5.32 Å². The van der Waals surface area contributed by atoms with Gasteiger partial charge in [-0.1, -0.05) is 12.8 Å². The Hall–Kier alpha value is -2.50. The van der Waals surface area contributed by atoms with Crippen LogP contribution in [-0.2, 0) is 0 Å². The predicted molar refractivity (Wildman–Crippen MR) is 86.1 cm³/mol. The van der Waals surface area contributed by atoms with E-state index in [1.165, 1.54) is 25.0 Å². The monoisotopic (exact) mass is 314 g/mol. The number of nitrogens with one attached hydrogen (secondary N) is 1. The Balaban J connectivity index is 1.66. The van der Waals surface area contributed by atoms with Crippen LogP contribution in [0.25, 0.3) is 0 Å². The van der Waals surface area contributed by atoms with Gasteiger partial charge in [0.25, 0.3) is 5.91 Å². The summed E-state index contributed by atoms with van der Waals surface area (Å²) in [5.41, 5.74) is 1.07. The smallest absolute Gasteiger partial charge is 0.274 e. The SMILES string of the molecule is O=C(c1ccc(Nc2ccc(F)cc2)nn1)N1CCCCCC1. The Morgan fingerprint density at radius 1 is 0.957 bits per heavy atom. The number of rotatable bonds is 3. The molecule has 0 spiro atoms. The molecule has 120 valence electrons. The molecule has 3 rings (SSSR count). The summed E-state index contributed by atoms with van der Waals surface area (Å²) in [6, 6.07) is 9.36. The summed E-state index contributed by atoms with van der Waals surface area (Å²) in [7, 11) is 0. The molecule has 2 heterocycles. The second kappa shape index (κ2) is 7.17. The summed E-state index contributed by atoms with van der Waals surface area (Å²) >= 11 is 0. The highest BCUT2D eigenvalue weighted by Gasteiger charge is 2.18. The molecular weight excluding hydrogens is 295 g/mol. The average molecular weight is 314 g/mol. The summed E-state index contributed by atoms with van der Waals surface area (Å²) in [6.07, 6.45) is 4.44. The number of hydrogen-bond acceptors (Lipinski definition) is 4. The fraction of sp³-hybridized carbons (Fsp3) is 0.353. The molecule has 2 aromatic rings. The highest BCUT2D eigenvalue weighted by molar-refractivity contribution is 5.92. The van der Waals surface area contributed by atoms with E-state index in [0.717, 1.165) is 25.9 Å². The maximum atomic E-state index is 12.9. The second-order valence-corrected chi connectivity index (χ2v) is 5.64. The molecule has 1 N–H and O–H groups in total. The lowest BCUT2D eigenvalue weighted by Crippen LogP contribution is -2.32. The highest BCUT2D eigenvalue weighted by Crippen LogP contribution is 2.16. The van der Waals surface area contributed by atoms with Crippen molar-refractivity contribution in [1.82, 2.24) is 15.1 Å². The Bertz CT molecular complexity index is 649. The molecule has 0 radical (unpaired) electrons. The van der Waals surface area contributed by atoms with Crippen molar-refractivity contribution in [3.8, 4) is 0 Å². The van der Waals surface area contributed by atoms with Crippen LogP contribution in [0.4, 0.5) is 15.9 Å². The Morgan fingerprint density at radius 3 is 2.26 bits per heavy atom. The minimum atomic E-state index is -0.292. The van der Waals surface area contributed by atoms with Crippen LogP contribution in [0.15, 0.2) is 36.4 Å². The van der Waals surface area contributed by atoms with Crippen molar-refractivity contribution in [2.24, 2.45) is 0 Å². The normalized spacial score (nSPS) is 15.1. The fourth-order valence-electron chi connectivity index (χ4n) is 2.63. The Kier molecular flexibility index (Phi) is 4.80.